The molecule has 0 saturated carbocycles. The van der Waals surface area contributed by atoms with Gasteiger partial charge in [0.2, 0.25) is 0 Å². The molecule has 0 aliphatic heterocycles. The van der Waals surface area contributed by atoms with Crippen LogP contribution >= 0.6 is 11.8 Å². The minimum absolute atomic E-state index is 0.0232. The number of halogens is 1. The van der Waals surface area contributed by atoms with Gasteiger partial charge < -0.3 is 5.32 Å². The molecule has 5 nitrogen and oxygen atoms in total. The fraction of sp³-hybridized carbons (Fsp3) is 0.0385. The summed E-state index contributed by atoms with van der Waals surface area (Å²) in [6.07, 6.45) is 0. The Bertz CT molecular complexity index is 1360. The molecular formula is C26H21FN2O3S2. The summed E-state index contributed by atoms with van der Waals surface area (Å²) < 4.78 is 40.5. The van der Waals surface area contributed by atoms with Crippen LogP contribution in [0.5, 0.6) is 0 Å². The molecule has 0 atom stereocenters. The summed E-state index contributed by atoms with van der Waals surface area (Å²) in [6.45, 7) is 0. The van der Waals surface area contributed by atoms with Gasteiger partial charge in [0, 0.05) is 27.6 Å². The number of thioether (sulfide) groups is 1. The molecule has 0 aromatic heterocycles. The van der Waals surface area contributed by atoms with Crippen molar-refractivity contribution >= 4 is 39.1 Å². The molecule has 0 heterocycles. The highest BCUT2D eigenvalue weighted by atomic mass is 32.2. The van der Waals surface area contributed by atoms with Crippen LogP contribution in [-0.2, 0) is 15.8 Å². The molecule has 4 rings (SSSR count). The molecule has 0 unspecified atom stereocenters. The summed E-state index contributed by atoms with van der Waals surface area (Å²) in [5, 5.41) is 2.77. The Hall–Kier alpha value is -3.62. The highest BCUT2D eigenvalue weighted by Crippen LogP contribution is 2.23. The zero-order valence-electron chi connectivity index (χ0n) is 17.9. The Labute approximate surface area is 202 Å². The first kappa shape index (κ1) is 23.5. The molecule has 4 aromatic rings. The first-order chi connectivity index (χ1) is 16.4. The van der Waals surface area contributed by atoms with Crippen molar-refractivity contribution in [2.24, 2.45) is 0 Å². The molecule has 0 bridgehead atoms. The number of sulfonamides is 1. The maximum Gasteiger partial charge on any atom is 0.261 e. The third-order valence-corrected chi connectivity index (χ3v) is 7.36. The summed E-state index contributed by atoms with van der Waals surface area (Å²) in [5.74, 6) is 0.0550. The minimum atomic E-state index is -3.84. The number of nitrogens with one attached hydrogen (secondary N) is 2. The van der Waals surface area contributed by atoms with Crippen LogP contribution in [0.15, 0.2) is 113 Å². The first-order valence-corrected chi connectivity index (χ1v) is 12.8. The molecule has 34 heavy (non-hydrogen) atoms. The lowest BCUT2D eigenvalue weighted by atomic mass is 10.1. The van der Waals surface area contributed by atoms with E-state index in [-0.39, 0.29) is 16.5 Å². The Morgan fingerprint density at radius 3 is 2.03 bits per heavy atom. The average Bonchev–Trinajstić information content (AvgIpc) is 2.85. The van der Waals surface area contributed by atoms with Crippen molar-refractivity contribution in [2.45, 2.75) is 15.5 Å². The lowest BCUT2D eigenvalue weighted by Gasteiger charge is -2.10. The predicted octanol–water partition coefficient (Wildman–Crippen LogP) is 6.17. The van der Waals surface area contributed by atoms with Gasteiger partial charge in [-0.15, -0.1) is 11.8 Å². The van der Waals surface area contributed by atoms with Crippen LogP contribution in [0.25, 0.3) is 0 Å². The smallest absolute Gasteiger partial charge is 0.261 e. The average molecular weight is 493 g/mol. The van der Waals surface area contributed by atoms with Crippen LogP contribution in [0.2, 0.25) is 0 Å². The van der Waals surface area contributed by atoms with Crippen LogP contribution < -0.4 is 10.0 Å². The molecule has 0 radical (unpaired) electrons. The monoisotopic (exact) mass is 492 g/mol. The van der Waals surface area contributed by atoms with Crippen LogP contribution in [0.3, 0.4) is 0 Å². The van der Waals surface area contributed by atoms with Crippen LogP contribution in [0.1, 0.15) is 15.9 Å². The van der Waals surface area contributed by atoms with E-state index >= 15 is 0 Å². The van der Waals surface area contributed by atoms with E-state index in [9.17, 15) is 17.6 Å². The standard InChI is InChI=1S/C26H21FN2O3S2/c27-21-10-12-23(13-11-21)29-34(31,32)25-16-14-22(15-17-25)28-26(30)20-8-6-19(7-9-20)18-33-24-4-2-1-3-5-24/h1-17,29H,18H2,(H,28,30). The normalized spacial score (nSPS) is 11.1. The Kier molecular flexibility index (Phi) is 7.30. The molecule has 0 fully saturated rings. The molecule has 0 aliphatic carbocycles. The molecule has 4 aromatic carbocycles. The second-order valence-corrected chi connectivity index (χ2v) is 10.1. The van der Waals surface area contributed by atoms with Gasteiger partial charge in [-0.2, -0.15) is 0 Å². The third-order valence-electron chi connectivity index (χ3n) is 4.88. The summed E-state index contributed by atoms with van der Waals surface area (Å²) in [6, 6.07) is 28.3. The molecule has 172 valence electrons. The van der Waals surface area contributed by atoms with E-state index < -0.39 is 15.8 Å². The molecule has 8 heteroatoms. The van der Waals surface area contributed by atoms with E-state index in [1.165, 1.54) is 53.4 Å². The van der Waals surface area contributed by atoms with Crippen molar-refractivity contribution < 1.29 is 17.6 Å². The van der Waals surface area contributed by atoms with E-state index in [0.717, 1.165) is 11.3 Å². The number of rotatable bonds is 8. The Balaban J connectivity index is 1.35. The van der Waals surface area contributed by atoms with E-state index in [4.69, 9.17) is 0 Å². The summed E-state index contributed by atoms with van der Waals surface area (Å²) in [5.41, 5.74) is 2.33. The van der Waals surface area contributed by atoms with Gasteiger partial charge in [0.05, 0.1) is 4.90 Å². The highest BCUT2D eigenvalue weighted by Gasteiger charge is 2.15. The van der Waals surface area contributed by atoms with Crippen molar-refractivity contribution in [2.75, 3.05) is 10.0 Å². The summed E-state index contributed by atoms with van der Waals surface area (Å²) >= 11 is 1.72. The molecule has 0 saturated heterocycles. The molecule has 1 amide bonds. The number of hydrogen-bond donors (Lipinski definition) is 2. The third kappa shape index (κ3) is 6.24. The molecule has 0 spiro atoms. The SMILES string of the molecule is O=C(Nc1ccc(S(=O)(=O)Nc2ccc(F)cc2)cc1)c1ccc(CSc2ccccc2)cc1. The van der Waals surface area contributed by atoms with Gasteiger partial charge in [-0.05, 0) is 78.4 Å². The summed E-state index contributed by atoms with van der Waals surface area (Å²) in [4.78, 5) is 13.8. The molecule has 0 aliphatic rings. The quantitative estimate of drug-likeness (QED) is 0.288. The second-order valence-electron chi connectivity index (χ2n) is 7.39. The van der Waals surface area contributed by atoms with Gasteiger partial charge in [0.1, 0.15) is 5.82 Å². The molecular weight excluding hydrogens is 471 g/mol. The van der Waals surface area contributed by atoms with Crippen LogP contribution in [-0.4, -0.2) is 14.3 Å². The Morgan fingerprint density at radius 2 is 1.38 bits per heavy atom. The minimum Gasteiger partial charge on any atom is -0.322 e. The van der Waals surface area contributed by atoms with Gasteiger partial charge in [0.15, 0.2) is 0 Å². The van der Waals surface area contributed by atoms with Crippen molar-refractivity contribution in [1.29, 1.82) is 0 Å². The zero-order chi connectivity index (χ0) is 24.0. The number of amides is 1. The van der Waals surface area contributed by atoms with Gasteiger partial charge in [0.25, 0.3) is 15.9 Å². The number of benzene rings is 4. The van der Waals surface area contributed by atoms with Crippen molar-refractivity contribution in [3.8, 4) is 0 Å². The topological polar surface area (TPSA) is 75.3 Å². The largest absolute Gasteiger partial charge is 0.322 e. The van der Waals surface area contributed by atoms with Gasteiger partial charge in [-0.3, -0.25) is 9.52 Å². The van der Waals surface area contributed by atoms with Crippen molar-refractivity contribution in [3.05, 3.63) is 120 Å². The van der Waals surface area contributed by atoms with Crippen molar-refractivity contribution in [1.82, 2.24) is 0 Å². The summed E-state index contributed by atoms with van der Waals surface area (Å²) in [7, 11) is -3.84. The van der Waals surface area contributed by atoms with Gasteiger partial charge in [-0.25, -0.2) is 12.8 Å². The van der Waals surface area contributed by atoms with Crippen LogP contribution in [0.4, 0.5) is 15.8 Å². The predicted molar refractivity (Wildman–Crippen MR) is 134 cm³/mol. The maximum absolute atomic E-state index is 13.0. The lowest BCUT2D eigenvalue weighted by molar-refractivity contribution is 0.102. The number of carbonyl (C=O) groups excluding carboxylic acids is 1. The van der Waals surface area contributed by atoms with E-state index in [2.05, 4.69) is 22.2 Å². The maximum atomic E-state index is 13.0. The van der Waals surface area contributed by atoms with Crippen LogP contribution in [0, 0.1) is 5.82 Å². The number of hydrogen-bond acceptors (Lipinski definition) is 4. The van der Waals surface area contributed by atoms with Gasteiger partial charge >= 0.3 is 0 Å². The van der Waals surface area contributed by atoms with E-state index in [0.29, 0.717) is 11.3 Å². The van der Waals surface area contributed by atoms with E-state index in [1.807, 2.05) is 30.3 Å². The fourth-order valence-corrected chi connectivity index (χ4v) is 5.02. The highest BCUT2D eigenvalue weighted by molar-refractivity contribution is 7.98. The number of carbonyl (C=O) groups is 1. The number of anilines is 2. The lowest BCUT2D eigenvalue weighted by Crippen LogP contribution is -2.14. The van der Waals surface area contributed by atoms with Gasteiger partial charge in [-0.1, -0.05) is 30.3 Å². The van der Waals surface area contributed by atoms with Crippen molar-refractivity contribution in [3.63, 3.8) is 0 Å². The molecule has 2 N–H and O–H groups in total. The second kappa shape index (κ2) is 10.5. The van der Waals surface area contributed by atoms with E-state index in [1.54, 1.807) is 23.9 Å². The Morgan fingerprint density at radius 1 is 0.765 bits per heavy atom. The first-order valence-electron chi connectivity index (χ1n) is 10.4. The fourth-order valence-electron chi connectivity index (χ4n) is 3.09. The zero-order valence-corrected chi connectivity index (χ0v) is 19.6.